The van der Waals surface area contributed by atoms with Gasteiger partial charge in [-0.05, 0) is 36.6 Å². The SMILES string of the molecule is COc1ccc(C(=O)NC(CCO)C(C)C)cc1. The number of ether oxygens (including phenoxy) is 1. The van der Waals surface area contributed by atoms with Crippen LogP contribution >= 0.6 is 0 Å². The van der Waals surface area contributed by atoms with E-state index in [1.54, 1.807) is 31.4 Å². The third-order valence-electron chi connectivity index (χ3n) is 2.91. The number of benzene rings is 1. The fourth-order valence-corrected chi connectivity index (χ4v) is 1.71. The lowest BCUT2D eigenvalue weighted by Crippen LogP contribution is -2.39. The first-order valence-corrected chi connectivity index (χ1v) is 6.14. The quantitative estimate of drug-likeness (QED) is 0.811. The smallest absolute Gasteiger partial charge is 0.251 e. The van der Waals surface area contributed by atoms with Crippen molar-refractivity contribution in [2.45, 2.75) is 26.3 Å². The summed E-state index contributed by atoms with van der Waals surface area (Å²) in [7, 11) is 1.59. The van der Waals surface area contributed by atoms with Crippen molar-refractivity contribution in [2.24, 2.45) is 5.92 Å². The van der Waals surface area contributed by atoms with Gasteiger partial charge in [0.25, 0.3) is 5.91 Å². The highest BCUT2D eigenvalue weighted by Crippen LogP contribution is 2.12. The van der Waals surface area contributed by atoms with E-state index in [0.717, 1.165) is 5.75 Å². The maximum absolute atomic E-state index is 12.0. The zero-order chi connectivity index (χ0) is 13.5. The number of nitrogens with one attached hydrogen (secondary N) is 1. The van der Waals surface area contributed by atoms with E-state index in [-0.39, 0.29) is 18.6 Å². The lowest BCUT2D eigenvalue weighted by Gasteiger charge is -2.21. The van der Waals surface area contributed by atoms with Crippen LogP contribution in [0.4, 0.5) is 0 Å². The van der Waals surface area contributed by atoms with Gasteiger partial charge in [0.15, 0.2) is 0 Å². The normalized spacial score (nSPS) is 12.3. The molecule has 0 saturated heterocycles. The van der Waals surface area contributed by atoms with Crippen LogP contribution in [-0.2, 0) is 0 Å². The van der Waals surface area contributed by atoms with E-state index < -0.39 is 0 Å². The molecule has 0 aliphatic heterocycles. The van der Waals surface area contributed by atoms with E-state index in [2.05, 4.69) is 5.32 Å². The fourth-order valence-electron chi connectivity index (χ4n) is 1.71. The number of carbonyl (C=O) groups excluding carboxylic acids is 1. The summed E-state index contributed by atoms with van der Waals surface area (Å²) in [6.07, 6.45) is 0.569. The Kier molecular flexibility index (Phi) is 5.65. The second-order valence-corrected chi connectivity index (χ2v) is 4.56. The van der Waals surface area contributed by atoms with Crippen LogP contribution in [0.1, 0.15) is 30.6 Å². The molecule has 1 aromatic carbocycles. The van der Waals surface area contributed by atoms with Gasteiger partial charge in [-0.15, -0.1) is 0 Å². The van der Waals surface area contributed by atoms with Gasteiger partial charge in [-0.1, -0.05) is 13.8 Å². The van der Waals surface area contributed by atoms with Crippen LogP contribution in [0.5, 0.6) is 5.75 Å². The molecule has 0 radical (unpaired) electrons. The lowest BCUT2D eigenvalue weighted by atomic mass is 10.0. The van der Waals surface area contributed by atoms with Gasteiger partial charge in [-0.2, -0.15) is 0 Å². The van der Waals surface area contributed by atoms with Crippen molar-refractivity contribution in [3.8, 4) is 5.75 Å². The highest BCUT2D eigenvalue weighted by Gasteiger charge is 2.16. The summed E-state index contributed by atoms with van der Waals surface area (Å²) < 4.78 is 5.04. The highest BCUT2D eigenvalue weighted by atomic mass is 16.5. The number of amides is 1. The molecule has 4 heteroatoms. The minimum atomic E-state index is -0.121. The van der Waals surface area contributed by atoms with Gasteiger partial charge in [0, 0.05) is 18.2 Å². The first-order chi connectivity index (χ1) is 8.58. The Hall–Kier alpha value is -1.55. The maximum Gasteiger partial charge on any atom is 0.251 e. The zero-order valence-electron chi connectivity index (χ0n) is 11.1. The van der Waals surface area contributed by atoms with Crippen LogP contribution in [0.2, 0.25) is 0 Å². The first kappa shape index (κ1) is 14.5. The molecule has 0 saturated carbocycles. The standard InChI is InChI=1S/C14H21NO3/c1-10(2)13(8-9-16)15-14(17)11-4-6-12(18-3)7-5-11/h4-7,10,13,16H,8-9H2,1-3H3,(H,15,17). The zero-order valence-corrected chi connectivity index (χ0v) is 11.1. The largest absolute Gasteiger partial charge is 0.497 e. The number of rotatable bonds is 6. The van der Waals surface area contributed by atoms with Gasteiger partial charge in [0.05, 0.1) is 7.11 Å². The van der Waals surface area contributed by atoms with Crippen LogP contribution in [0, 0.1) is 5.92 Å². The molecule has 1 aromatic rings. The van der Waals surface area contributed by atoms with E-state index in [1.165, 1.54) is 0 Å². The summed E-state index contributed by atoms with van der Waals surface area (Å²) in [6.45, 7) is 4.12. The molecule has 0 fully saturated rings. The van der Waals surface area contributed by atoms with Gasteiger partial charge in [0.2, 0.25) is 0 Å². The van der Waals surface area contributed by atoms with Gasteiger partial charge in [-0.25, -0.2) is 0 Å². The monoisotopic (exact) mass is 251 g/mol. The second kappa shape index (κ2) is 7.01. The van der Waals surface area contributed by atoms with Crippen LogP contribution in [0.3, 0.4) is 0 Å². The molecule has 4 nitrogen and oxygen atoms in total. The summed E-state index contributed by atoms with van der Waals surface area (Å²) >= 11 is 0. The molecule has 0 spiro atoms. The molecular formula is C14H21NO3. The van der Waals surface area contributed by atoms with Crippen molar-refractivity contribution >= 4 is 5.91 Å². The van der Waals surface area contributed by atoms with Crippen molar-refractivity contribution in [1.29, 1.82) is 0 Å². The Morgan fingerprint density at radius 3 is 2.39 bits per heavy atom. The minimum Gasteiger partial charge on any atom is -0.497 e. The molecule has 1 rings (SSSR count). The number of aliphatic hydroxyl groups excluding tert-OH is 1. The molecule has 2 N–H and O–H groups in total. The van der Waals surface area contributed by atoms with E-state index in [9.17, 15) is 4.79 Å². The van der Waals surface area contributed by atoms with Gasteiger partial charge < -0.3 is 15.2 Å². The lowest BCUT2D eigenvalue weighted by molar-refractivity contribution is 0.0916. The van der Waals surface area contributed by atoms with Gasteiger partial charge in [0.1, 0.15) is 5.75 Å². The number of methoxy groups -OCH3 is 1. The summed E-state index contributed by atoms with van der Waals surface area (Å²) in [5, 5.41) is 11.9. The molecule has 1 amide bonds. The van der Waals surface area contributed by atoms with Crippen molar-refractivity contribution in [3.63, 3.8) is 0 Å². The Balaban J connectivity index is 2.67. The predicted octanol–water partition coefficient (Wildman–Crippen LogP) is 1.83. The van der Waals surface area contributed by atoms with E-state index >= 15 is 0 Å². The Labute approximate surface area is 108 Å². The van der Waals surface area contributed by atoms with Crippen LogP contribution in [-0.4, -0.2) is 30.8 Å². The summed E-state index contributed by atoms with van der Waals surface area (Å²) in [6, 6.07) is 6.95. The van der Waals surface area contributed by atoms with Crippen LogP contribution < -0.4 is 10.1 Å². The second-order valence-electron chi connectivity index (χ2n) is 4.56. The molecule has 1 atom stereocenters. The average molecular weight is 251 g/mol. The van der Waals surface area contributed by atoms with Crippen molar-refractivity contribution in [3.05, 3.63) is 29.8 Å². The Morgan fingerprint density at radius 2 is 1.94 bits per heavy atom. The summed E-state index contributed by atoms with van der Waals surface area (Å²) in [5.74, 6) is 0.895. The number of hydrogen-bond donors (Lipinski definition) is 2. The molecule has 0 heterocycles. The minimum absolute atomic E-state index is 0.00963. The molecule has 100 valence electrons. The van der Waals surface area contributed by atoms with Crippen LogP contribution in [0.15, 0.2) is 24.3 Å². The molecule has 0 aromatic heterocycles. The predicted molar refractivity (Wildman–Crippen MR) is 70.8 cm³/mol. The van der Waals surface area contributed by atoms with E-state index in [0.29, 0.717) is 17.9 Å². The van der Waals surface area contributed by atoms with Crippen molar-refractivity contribution < 1.29 is 14.6 Å². The molecule has 0 bridgehead atoms. The van der Waals surface area contributed by atoms with E-state index in [4.69, 9.17) is 9.84 Å². The molecule has 18 heavy (non-hydrogen) atoms. The Morgan fingerprint density at radius 1 is 1.33 bits per heavy atom. The third kappa shape index (κ3) is 4.04. The van der Waals surface area contributed by atoms with Gasteiger partial charge >= 0.3 is 0 Å². The number of carbonyl (C=O) groups is 1. The number of aliphatic hydroxyl groups is 1. The van der Waals surface area contributed by atoms with Gasteiger partial charge in [-0.3, -0.25) is 4.79 Å². The van der Waals surface area contributed by atoms with Crippen molar-refractivity contribution in [2.75, 3.05) is 13.7 Å². The molecule has 0 aliphatic rings. The molecule has 0 aliphatic carbocycles. The third-order valence-corrected chi connectivity index (χ3v) is 2.91. The Bertz CT molecular complexity index is 373. The topological polar surface area (TPSA) is 58.6 Å². The molecule has 1 unspecified atom stereocenters. The van der Waals surface area contributed by atoms with Crippen LogP contribution in [0.25, 0.3) is 0 Å². The summed E-state index contributed by atoms with van der Waals surface area (Å²) in [5.41, 5.74) is 0.597. The maximum atomic E-state index is 12.0. The fraction of sp³-hybridized carbons (Fsp3) is 0.500. The number of hydrogen-bond acceptors (Lipinski definition) is 3. The average Bonchev–Trinajstić information content (AvgIpc) is 2.38. The molecular weight excluding hydrogens is 230 g/mol. The summed E-state index contributed by atoms with van der Waals surface area (Å²) in [4.78, 5) is 12.0. The highest BCUT2D eigenvalue weighted by molar-refractivity contribution is 5.94. The van der Waals surface area contributed by atoms with E-state index in [1.807, 2.05) is 13.8 Å². The first-order valence-electron chi connectivity index (χ1n) is 6.14. The van der Waals surface area contributed by atoms with Crippen molar-refractivity contribution in [1.82, 2.24) is 5.32 Å².